The number of aromatic amines is 2. The standard InChI is InChI=1S/C24H15FN6/c25-16-7-4-14(5-8-16)21-23-20(10-12-27-21)28-24(29-23)22-17-13-15(6-9-19(17)30-31-22)18-3-1-2-11-26-18/h1-13H,(H,28,29)(H,30,31). The van der Waals surface area contributed by atoms with E-state index < -0.39 is 0 Å². The van der Waals surface area contributed by atoms with Gasteiger partial charge in [-0.1, -0.05) is 12.1 Å². The lowest BCUT2D eigenvalue weighted by molar-refractivity contribution is 0.628. The molecule has 148 valence electrons. The lowest BCUT2D eigenvalue weighted by Gasteiger charge is -2.01. The lowest BCUT2D eigenvalue weighted by Crippen LogP contribution is -1.86. The van der Waals surface area contributed by atoms with E-state index in [9.17, 15) is 4.39 Å². The molecule has 0 bridgehead atoms. The molecule has 4 heterocycles. The second kappa shape index (κ2) is 6.84. The van der Waals surface area contributed by atoms with Crippen LogP contribution in [0.3, 0.4) is 0 Å². The van der Waals surface area contributed by atoms with Crippen molar-refractivity contribution in [3.05, 3.63) is 84.9 Å². The fourth-order valence-corrected chi connectivity index (χ4v) is 3.75. The highest BCUT2D eigenvalue weighted by Gasteiger charge is 2.16. The second-order valence-electron chi connectivity index (χ2n) is 7.20. The molecule has 0 aliphatic rings. The van der Waals surface area contributed by atoms with Crippen molar-refractivity contribution in [2.45, 2.75) is 0 Å². The van der Waals surface area contributed by atoms with Crippen molar-refractivity contribution in [1.29, 1.82) is 0 Å². The van der Waals surface area contributed by atoms with E-state index >= 15 is 0 Å². The molecule has 0 saturated carbocycles. The largest absolute Gasteiger partial charge is 0.336 e. The Hall–Kier alpha value is -4.39. The number of benzene rings is 2. The average Bonchev–Trinajstić information content (AvgIpc) is 3.43. The Kier molecular flexibility index (Phi) is 3.86. The zero-order chi connectivity index (χ0) is 20.8. The van der Waals surface area contributed by atoms with Crippen molar-refractivity contribution in [3.63, 3.8) is 0 Å². The van der Waals surface area contributed by atoms with Crippen LogP contribution in [-0.4, -0.2) is 30.1 Å². The first kappa shape index (κ1) is 17.5. The van der Waals surface area contributed by atoms with Gasteiger partial charge in [0.2, 0.25) is 0 Å². The van der Waals surface area contributed by atoms with Crippen molar-refractivity contribution in [1.82, 2.24) is 30.1 Å². The highest BCUT2D eigenvalue weighted by atomic mass is 19.1. The summed E-state index contributed by atoms with van der Waals surface area (Å²) in [7, 11) is 0. The van der Waals surface area contributed by atoms with Crippen LogP contribution < -0.4 is 0 Å². The Balaban J connectivity index is 1.51. The van der Waals surface area contributed by atoms with Crippen LogP contribution in [-0.2, 0) is 0 Å². The number of H-pyrrole nitrogens is 2. The van der Waals surface area contributed by atoms with Crippen LogP contribution >= 0.6 is 0 Å². The monoisotopic (exact) mass is 406 g/mol. The molecule has 7 heteroatoms. The third kappa shape index (κ3) is 2.95. The summed E-state index contributed by atoms with van der Waals surface area (Å²) < 4.78 is 13.4. The molecule has 6 aromatic rings. The first-order chi connectivity index (χ1) is 15.3. The quantitative estimate of drug-likeness (QED) is 0.414. The fraction of sp³-hybridized carbons (Fsp3) is 0. The number of hydrogen-bond acceptors (Lipinski definition) is 4. The first-order valence-electron chi connectivity index (χ1n) is 9.77. The average molecular weight is 406 g/mol. The molecule has 0 aliphatic carbocycles. The molecule has 0 saturated heterocycles. The van der Waals surface area contributed by atoms with Crippen LogP contribution in [0.5, 0.6) is 0 Å². The van der Waals surface area contributed by atoms with Crippen molar-refractivity contribution in [2.24, 2.45) is 0 Å². The molecule has 0 atom stereocenters. The summed E-state index contributed by atoms with van der Waals surface area (Å²) in [6.45, 7) is 0. The van der Waals surface area contributed by atoms with Gasteiger partial charge >= 0.3 is 0 Å². The number of halogens is 1. The Morgan fingerprint density at radius 1 is 0.742 bits per heavy atom. The fourth-order valence-electron chi connectivity index (χ4n) is 3.75. The number of imidazole rings is 1. The summed E-state index contributed by atoms with van der Waals surface area (Å²) in [5.41, 5.74) is 6.55. The number of rotatable bonds is 3. The number of nitrogens with zero attached hydrogens (tertiary/aromatic N) is 4. The molecular formula is C24H15FN6. The van der Waals surface area contributed by atoms with Crippen molar-refractivity contribution < 1.29 is 4.39 Å². The number of hydrogen-bond donors (Lipinski definition) is 2. The molecule has 0 aliphatic heterocycles. The van der Waals surface area contributed by atoms with E-state index in [1.165, 1.54) is 12.1 Å². The molecule has 0 spiro atoms. The van der Waals surface area contributed by atoms with Gasteiger partial charge in [0.05, 0.1) is 22.4 Å². The first-order valence-corrected chi connectivity index (χ1v) is 9.77. The second-order valence-corrected chi connectivity index (χ2v) is 7.20. The molecule has 6 nitrogen and oxygen atoms in total. The van der Waals surface area contributed by atoms with Gasteiger partial charge in [0.1, 0.15) is 17.0 Å². The molecular weight excluding hydrogens is 391 g/mol. The minimum atomic E-state index is -0.287. The van der Waals surface area contributed by atoms with E-state index in [2.05, 4.69) is 31.2 Å². The van der Waals surface area contributed by atoms with Gasteiger partial charge in [-0.2, -0.15) is 5.10 Å². The smallest absolute Gasteiger partial charge is 0.159 e. The van der Waals surface area contributed by atoms with Crippen LogP contribution in [0.1, 0.15) is 0 Å². The number of aromatic nitrogens is 6. The van der Waals surface area contributed by atoms with Gasteiger partial charge in [0.15, 0.2) is 5.82 Å². The maximum absolute atomic E-state index is 13.4. The topological polar surface area (TPSA) is 83.1 Å². The van der Waals surface area contributed by atoms with Gasteiger partial charge in [0.25, 0.3) is 0 Å². The van der Waals surface area contributed by atoms with Gasteiger partial charge in [-0.25, -0.2) is 9.37 Å². The minimum Gasteiger partial charge on any atom is -0.336 e. The van der Waals surface area contributed by atoms with Gasteiger partial charge in [-0.15, -0.1) is 0 Å². The van der Waals surface area contributed by atoms with E-state index in [1.807, 2.05) is 36.4 Å². The molecule has 31 heavy (non-hydrogen) atoms. The van der Waals surface area contributed by atoms with E-state index in [0.717, 1.165) is 33.2 Å². The molecule has 0 radical (unpaired) electrons. The van der Waals surface area contributed by atoms with Crippen LogP contribution in [0.4, 0.5) is 4.39 Å². The molecule has 6 rings (SSSR count). The zero-order valence-corrected chi connectivity index (χ0v) is 16.2. The molecule has 2 N–H and O–H groups in total. The van der Waals surface area contributed by atoms with Crippen molar-refractivity contribution in [2.75, 3.05) is 0 Å². The molecule has 2 aromatic carbocycles. The Labute approximate surface area is 175 Å². The SMILES string of the molecule is Fc1ccc(-c2nccc3[nH]c(-c4n[nH]c5ccc(-c6ccccn6)cc45)nc23)cc1. The van der Waals surface area contributed by atoms with Crippen LogP contribution in [0, 0.1) is 5.82 Å². The van der Waals surface area contributed by atoms with Crippen molar-refractivity contribution in [3.8, 4) is 34.0 Å². The third-order valence-corrected chi connectivity index (χ3v) is 5.27. The van der Waals surface area contributed by atoms with E-state index in [0.29, 0.717) is 22.7 Å². The zero-order valence-electron chi connectivity index (χ0n) is 16.2. The summed E-state index contributed by atoms with van der Waals surface area (Å²) in [6.07, 6.45) is 3.49. The highest BCUT2D eigenvalue weighted by molar-refractivity contribution is 5.97. The van der Waals surface area contributed by atoms with Gasteiger partial charge < -0.3 is 4.98 Å². The van der Waals surface area contributed by atoms with Gasteiger partial charge in [0, 0.05) is 28.9 Å². The third-order valence-electron chi connectivity index (χ3n) is 5.27. The normalized spacial score (nSPS) is 11.4. The van der Waals surface area contributed by atoms with E-state index in [1.54, 1.807) is 24.5 Å². The van der Waals surface area contributed by atoms with Crippen LogP contribution in [0.25, 0.3) is 56.0 Å². The molecule has 4 aromatic heterocycles. The number of pyridine rings is 2. The van der Waals surface area contributed by atoms with Gasteiger partial charge in [-0.3, -0.25) is 15.1 Å². The predicted octanol–water partition coefficient (Wildman–Crippen LogP) is 5.37. The van der Waals surface area contributed by atoms with E-state index in [-0.39, 0.29) is 5.82 Å². The highest BCUT2D eigenvalue weighted by Crippen LogP contribution is 2.32. The number of nitrogens with one attached hydrogen (secondary N) is 2. The van der Waals surface area contributed by atoms with Crippen LogP contribution in [0.15, 0.2) is 79.1 Å². The summed E-state index contributed by atoms with van der Waals surface area (Å²) in [5.74, 6) is 0.348. The van der Waals surface area contributed by atoms with Crippen LogP contribution in [0.2, 0.25) is 0 Å². The summed E-state index contributed by atoms with van der Waals surface area (Å²) in [4.78, 5) is 17.1. The maximum Gasteiger partial charge on any atom is 0.159 e. The molecule has 0 fully saturated rings. The van der Waals surface area contributed by atoms with Gasteiger partial charge in [-0.05, 0) is 54.6 Å². The Morgan fingerprint density at radius 2 is 1.61 bits per heavy atom. The maximum atomic E-state index is 13.4. The van der Waals surface area contributed by atoms with E-state index in [4.69, 9.17) is 4.98 Å². The summed E-state index contributed by atoms with van der Waals surface area (Å²) in [5, 5.41) is 8.52. The number of fused-ring (bicyclic) bond motifs is 2. The minimum absolute atomic E-state index is 0.287. The Morgan fingerprint density at radius 3 is 2.45 bits per heavy atom. The lowest BCUT2D eigenvalue weighted by atomic mass is 10.1. The molecule has 0 unspecified atom stereocenters. The summed E-state index contributed by atoms with van der Waals surface area (Å²) in [6, 6.07) is 20.0. The predicted molar refractivity (Wildman–Crippen MR) is 118 cm³/mol. The molecule has 0 amide bonds. The Bertz CT molecular complexity index is 1530. The summed E-state index contributed by atoms with van der Waals surface area (Å²) >= 11 is 0. The van der Waals surface area contributed by atoms with Crippen molar-refractivity contribution >= 4 is 21.9 Å².